The van der Waals surface area contributed by atoms with E-state index < -0.39 is 11.5 Å². The third-order valence-corrected chi connectivity index (χ3v) is 2.95. The summed E-state index contributed by atoms with van der Waals surface area (Å²) in [6.45, 7) is 3.30. The van der Waals surface area contributed by atoms with Crippen LogP contribution in [0.25, 0.3) is 0 Å². The number of carboxylic acids is 1. The van der Waals surface area contributed by atoms with Gasteiger partial charge in [0.25, 0.3) is 5.56 Å². The maximum Gasteiger partial charge on any atom is 0.305 e. The van der Waals surface area contributed by atoms with Gasteiger partial charge in [0.05, 0.1) is 13.0 Å². The molecule has 0 spiro atoms. The third kappa shape index (κ3) is 3.25. The second kappa shape index (κ2) is 6.24. The van der Waals surface area contributed by atoms with Crippen molar-refractivity contribution in [2.45, 2.75) is 26.8 Å². The van der Waals surface area contributed by atoms with Crippen molar-refractivity contribution in [3.8, 4) is 5.88 Å². The Labute approximate surface area is 110 Å². The van der Waals surface area contributed by atoms with E-state index in [-0.39, 0.29) is 37.7 Å². The molecule has 1 aromatic heterocycles. The van der Waals surface area contributed by atoms with Crippen molar-refractivity contribution in [1.82, 2.24) is 4.57 Å². The highest BCUT2D eigenvalue weighted by Gasteiger charge is 2.16. The van der Waals surface area contributed by atoms with E-state index in [4.69, 9.17) is 10.2 Å². The molecular formula is C12H18N2O5. The Morgan fingerprint density at radius 2 is 1.95 bits per heavy atom. The first-order valence-electron chi connectivity index (χ1n) is 5.89. The van der Waals surface area contributed by atoms with E-state index >= 15 is 0 Å². The summed E-state index contributed by atoms with van der Waals surface area (Å²) in [6.07, 6.45) is -0.255. The van der Waals surface area contributed by atoms with Crippen molar-refractivity contribution in [2.24, 2.45) is 0 Å². The molecule has 0 aliphatic carbocycles. The summed E-state index contributed by atoms with van der Waals surface area (Å²) in [5.74, 6) is -1.27. The van der Waals surface area contributed by atoms with Gasteiger partial charge in [-0.25, -0.2) is 0 Å². The molecule has 0 atom stereocenters. The number of pyridine rings is 1. The minimum atomic E-state index is -1.05. The van der Waals surface area contributed by atoms with E-state index in [1.807, 2.05) is 0 Å². The lowest BCUT2D eigenvalue weighted by Gasteiger charge is -2.16. The first kappa shape index (κ1) is 15.0. The number of aliphatic carboxylic acids is 1. The van der Waals surface area contributed by atoms with Crippen LogP contribution in [0, 0.1) is 13.8 Å². The largest absolute Gasteiger partial charge is 0.494 e. The Balaban J connectivity index is 3.26. The van der Waals surface area contributed by atoms with Crippen LogP contribution < -0.4 is 10.9 Å². The number of carboxylic acid groups (broad SMARTS) is 1. The van der Waals surface area contributed by atoms with Gasteiger partial charge in [-0.15, -0.1) is 0 Å². The topological polar surface area (TPSA) is 112 Å². The number of hydrogen-bond acceptors (Lipinski definition) is 5. The van der Waals surface area contributed by atoms with Crippen LogP contribution >= 0.6 is 0 Å². The smallest absolute Gasteiger partial charge is 0.305 e. The van der Waals surface area contributed by atoms with Crippen LogP contribution in [0.4, 0.5) is 5.69 Å². The van der Waals surface area contributed by atoms with Gasteiger partial charge in [-0.1, -0.05) is 0 Å². The number of anilines is 1. The first-order valence-corrected chi connectivity index (χ1v) is 5.89. The quantitative estimate of drug-likeness (QED) is 0.581. The van der Waals surface area contributed by atoms with E-state index in [9.17, 15) is 14.7 Å². The maximum absolute atomic E-state index is 12.1. The molecule has 0 aliphatic rings. The van der Waals surface area contributed by atoms with E-state index in [2.05, 4.69) is 5.32 Å². The molecule has 19 heavy (non-hydrogen) atoms. The monoisotopic (exact) mass is 270 g/mol. The molecule has 0 fully saturated rings. The Morgan fingerprint density at radius 3 is 2.47 bits per heavy atom. The molecule has 1 rings (SSSR count). The van der Waals surface area contributed by atoms with Gasteiger partial charge in [-0.05, 0) is 19.4 Å². The fraction of sp³-hybridized carbons (Fsp3) is 0.500. The fourth-order valence-corrected chi connectivity index (χ4v) is 1.75. The number of hydrogen-bond donors (Lipinski definition) is 4. The zero-order chi connectivity index (χ0) is 14.6. The van der Waals surface area contributed by atoms with Gasteiger partial charge in [0.2, 0.25) is 0 Å². The van der Waals surface area contributed by atoms with E-state index in [0.717, 1.165) is 4.57 Å². The molecule has 0 unspecified atom stereocenters. The molecule has 1 aromatic rings. The highest BCUT2D eigenvalue weighted by molar-refractivity contribution is 5.66. The van der Waals surface area contributed by atoms with Crippen molar-refractivity contribution in [1.29, 1.82) is 0 Å². The number of nitrogens with one attached hydrogen (secondary N) is 1. The highest BCUT2D eigenvalue weighted by atomic mass is 16.4. The van der Waals surface area contributed by atoms with Crippen molar-refractivity contribution in [3.63, 3.8) is 0 Å². The van der Waals surface area contributed by atoms with Gasteiger partial charge in [0, 0.05) is 18.7 Å². The summed E-state index contributed by atoms with van der Waals surface area (Å²) in [6, 6.07) is 0. The van der Waals surface area contributed by atoms with Gasteiger partial charge < -0.3 is 20.6 Å². The second-order valence-corrected chi connectivity index (χ2v) is 4.20. The van der Waals surface area contributed by atoms with Gasteiger partial charge in [-0.3, -0.25) is 14.2 Å². The maximum atomic E-state index is 12.1. The van der Waals surface area contributed by atoms with Crippen molar-refractivity contribution >= 4 is 11.7 Å². The Hall–Kier alpha value is -2.02. The average molecular weight is 270 g/mol. The average Bonchev–Trinajstić information content (AvgIpc) is 2.36. The summed E-state index contributed by atoms with van der Waals surface area (Å²) in [7, 11) is 0. The van der Waals surface area contributed by atoms with Crippen LogP contribution in [0.3, 0.4) is 0 Å². The molecule has 0 radical (unpaired) electrons. The summed E-state index contributed by atoms with van der Waals surface area (Å²) in [5.41, 5.74) is 0.873. The molecule has 0 amide bonds. The number of aromatic nitrogens is 1. The highest BCUT2D eigenvalue weighted by Crippen LogP contribution is 2.23. The van der Waals surface area contributed by atoms with Crippen molar-refractivity contribution < 1.29 is 20.1 Å². The lowest BCUT2D eigenvalue weighted by molar-refractivity contribution is -0.137. The molecule has 0 aliphatic heterocycles. The summed E-state index contributed by atoms with van der Waals surface area (Å²) in [4.78, 5) is 22.7. The van der Waals surface area contributed by atoms with E-state index in [1.165, 1.54) is 0 Å². The molecule has 7 heteroatoms. The Kier molecular flexibility index (Phi) is 4.94. The summed E-state index contributed by atoms with van der Waals surface area (Å²) < 4.78 is 1.02. The summed E-state index contributed by atoms with van der Waals surface area (Å²) in [5, 5.41) is 30.1. The van der Waals surface area contributed by atoms with Crippen LogP contribution in [0.2, 0.25) is 0 Å². The molecule has 7 nitrogen and oxygen atoms in total. The van der Waals surface area contributed by atoms with Crippen molar-refractivity contribution in [3.05, 3.63) is 21.5 Å². The predicted molar refractivity (Wildman–Crippen MR) is 69.7 cm³/mol. The Bertz CT molecular complexity index is 536. The lowest BCUT2D eigenvalue weighted by atomic mass is 10.1. The van der Waals surface area contributed by atoms with Crippen molar-refractivity contribution in [2.75, 3.05) is 18.5 Å². The third-order valence-electron chi connectivity index (χ3n) is 2.95. The van der Waals surface area contributed by atoms with E-state index in [1.54, 1.807) is 13.8 Å². The minimum Gasteiger partial charge on any atom is -0.494 e. The zero-order valence-corrected chi connectivity index (χ0v) is 10.9. The van der Waals surface area contributed by atoms with Crippen LogP contribution in [0.5, 0.6) is 5.88 Å². The number of carbonyl (C=O) groups is 1. The summed E-state index contributed by atoms with van der Waals surface area (Å²) >= 11 is 0. The number of aliphatic hydroxyl groups excluding tert-OH is 1. The Morgan fingerprint density at radius 1 is 1.32 bits per heavy atom. The van der Waals surface area contributed by atoms with Gasteiger partial charge in [0.1, 0.15) is 5.69 Å². The minimum absolute atomic E-state index is 0.102. The predicted octanol–water partition coefficient (Wildman–Crippen LogP) is 0.0496. The molecular weight excluding hydrogens is 252 g/mol. The van der Waals surface area contributed by atoms with Crippen LogP contribution in [-0.2, 0) is 11.3 Å². The second-order valence-electron chi connectivity index (χ2n) is 4.20. The van der Waals surface area contributed by atoms with Crippen LogP contribution in [0.15, 0.2) is 4.79 Å². The van der Waals surface area contributed by atoms with E-state index in [0.29, 0.717) is 11.1 Å². The molecule has 0 bridgehead atoms. The SMILES string of the molecule is Cc1c(C)c(O)n(CCC(=O)O)c(=O)c1NCCO. The molecule has 106 valence electrons. The number of aromatic hydroxyl groups is 1. The van der Waals surface area contributed by atoms with Crippen LogP contribution in [-0.4, -0.2) is 39.0 Å². The van der Waals surface area contributed by atoms with Gasteiger partial charge >= 0.3 is 5.97 Å². The first-order chi connectivity index (χ1) is 8.90. The molecule has 0 saturated carbocycles. The molecule has 1 heterocycles. The molecule has 4 N–H and O–H groups in total. The number of nitrogens with zero attached hydrogens (tertiary/aromatic N) is 1. The fourth-order valence-electron chi connectivity index (χ4n) is 1.75. The zero-order valence-electron chi connectivity index (χ0n) is 10.9. The van der Waals surface area contributed by atoms with Gasteiger partial charge in [0.15, 0.2) is 5.88 Å². The number of rotatable bonds is 6. The van der Waals surface area contributed by atoms with Gasteiger partial charge in [-0.2, -0.15) is 0 Å². The standard InChI is InChI=1S/C12H18N2O5/c1-7-8(2)11(18)14(5-3-9(16)17)12(19)10(7)13-4-6-15/h13,15,18H,3-6H2,1-2H3,(H,16,17). The van der Waals surface area contributed by atoms with Crippen LogP contribution in [0.1, 0.15) is 17.5 Å². The normalized spacial score (nSPS) is 10.5. The molecule has 0 saturated heterocycles. The lowest BCUT2D eigenvalue weighted by Crippen LogP contribution is -2.27. The number of aliphatic hydroxyl groups is 1. The molecule has 0 aromatic carbocycles.